The Balaban J connectivity index is 1.61. The topological polar surface area (TPSA) is 88.2 Å². The molecule has 1 aliphatic heterocycles. The Labute approximate surface area is 196 Å². The normalized spacial score (nSPS) is 17.5. The number of fused-ring (bicyclic) bond motifs is 1. The molecule has 0 N–H and O–H groups in total. The summed E-state index contributed by atoms with van der Waals surface area (Å²) < 4.78 is 0. The predicted molar refractivity (Wildman–Crippen MR) is 134 cm³/mol. The minimum absolute atomic E-state index is 0.00534. The molecule has 1 atom stereocenters. The van der Waals surface area contributed by atoms with Crippen LogP contribution in [0.5, 0.6) is 0 Å². The molecule has 4 rings (SSSR count). The first-order chi connectivity index (χ1) is 16.1. The number of carbonyl (C=O) groups is 1. The first-order valence-electron chi connectivity index (χ1n) is 10.9. The highest BCUT2D eigenvalue weighted by Crippen LogP contribution is 2.33. The van der Waals surface area contributed by atoms with Crippen LogP contribution in [0.1, 0.15) is 37.3 Å². The second-order valence-corrected chi connectivity index (χ2v) is 8.96. The number of unbranched alkanes of at least 4 members (excludes halogenated alkanes) is 1. The summed E-state index contributed by atoms with van der Waals surface area (Å²) in [7, 11) is 0. The summed E-state index contributed by atoms with van der Waals surface area (Å²) in [6.45, 7) is 2.53. The third-order valence-corrected chi connectivity index (χ3v) is 6.71. The average Bonchev–Trinajstić information content (AvgIpc) is 3.12. The predicted octanol–water partition coefficient (Wildman–Crippen LogP) is 5.77. The number of nitro benzene ring substituents is 1. The Kier molecular flexibility index (Phi) is 7.14. The molecule has 1 saturated heterocycles. The van der Waals surface area contributed by atoms with Gasteiger partial charge in [0.05, 0.1) is 22.9 Å². The fraction of sp³-hybridized carbons (Fsp3) is 0.240. The highest BCUT2D eigenvalue weighted by Gasteiger charge is 2.37. The molecule has 0 aromatic heterocycles. The van der Waals surface area contributed by atoms with Crippen molar-refractivity contribution in [2.45, 2.75) is 38.0 Å². The molecule has 0 aliphatic carbocycles. The minimum Gasteiger partial charge on any atom is -0.284 e. The average molecular weight is 461 g/mol. The van der Waals surface area contributed by atoms with Crippen LogP contribution in [-0.2, 0) is 11.3 Å². The van der Waals surface area contributed by atoms with Crippen LogP contribution in [-0.4, -0.2) is 32.4 Å². The van der Waals surface area contributed by atoms with Crippen molar-refractivity contribution in [3.8, 4) is 0 Å². The highest BCUT2D eigenvalue weighted by molar-refractivity contribution is 8.15. The van der Waals surface area contributed by atoms with Crippen molar-refractivity contribution in [1.29, 1.82) is 0 Å². The van der Waals surface area contributed by atoms with Gasteiger partial charge in [0.15, 0.2) is 5.17 Å². The van der Waals surface area contributed by atoms with E-state index in [1.54, 1.807) is 17.0 Å². The lowest BCUT2D eigenvalue weighted by Crippen LogP contribution is -2.31. The highest BCUT2D eigenvalue weighted by atomic mass is 32.2. The Bertz CT molecular complexity index is 1240. The molecular formula is C25H24N4O3S. The van der Waals surface area contributed by atoms with Crippen LogP contribution in [0, 0.1) is 10.1 Å². The third-order valence-electron chi connectivity index (χ3n) is 5.48. The van der Waals surface area contributed by atoms with Crippen LogP contribution < -0.4 is 0 Å². The Morgan fingerprint density at radius 1 is 1.12 bits per heavy atom. The maximum absolute atomic E-state index is 13.2. The number of rotatable bonds is 8. The van der Waals surface area contributed by atoms with E-state index in [-0.39, 0.29) is 16.8 Å². The maximum atomic E-state index is 13.2. The summed E-state index contributed by atoms with van der Waals surface area (Å²) in [6, 6.07) is 20.4. The van der Waals surface area contributed by atoms with Gasteiger partial charge in [0.25, 0.3) is 5.69 Å². The molecule has 1 aliphatic rings. The molecule has 33 heavy (non-hydrogen) atoms. The van der Waals surface area contributed by atoms with Gasteiger partial charge in [-0.15, -0.1) is 5.10 Å². The molecule has 3 aromatic carbocycles. The zero-order chi connectivity index (χ0) is 23.2. The van der Waals surface area contributed by atoms with Gasteiger partial charge >= 0.3 is 0 Å². The number of thioether (sulfide) groups is 1. The first-order valence-corrected chi connectivity index (χ1v) is 11.7. The van der Waals surface area contributed by atoms with Gasteiger partial charge in [0.2, 0.25) is 5.91 Å². The minimum atomic E-state index is -0.445. The van der Waals surface area contributed by atoms with Crippen molar-refractivity contribution in [2.75, 3.05) is 0 Å². The zero-order valence-corrected chi connectivity index (χ0v) is 19.1. The van der Waals surface area contributed by atoms with Crippen molar-refractivity contribution in [3.05, 3.63) is 88.0 Å². The van der Waals surface area contributed by atoms with E-state index in [2.05, 4.69) is 35.3 Å². The molecule has 0 radical (unpaired) electrons. The number of carbonyl (C=O) groups excluding carboxylic acids is 1. The number of non-ortho nitro benzene ring substituents is 1. The summed E-state index contributed by atoms with van der Waals surface area (Å²) in [5.74, 6) is 0.0469. The van der Waals surface area contributed by atoms with Gasteiger partial charge in [0.1, 0.15) is 0 Å². The van der Waals surface area contributed by atoms with Crippen LogP contribution in [0.15, 0.2) is 76.9 Å². The smallest absolute Gasteiger partial charge is 0.270 e. The molecule has 3 aromatic rings. The second-order valence-electron chi connectivity index (χ2n) is 7.79. The second kappa shape index (κ2) is 10.4. The van der Waals surface area contributed by atoms with Crippen molar-refractivity contribution in [1.82, 2.24) is 4.90 Å². The van der Waals surface area contributed by atoms with Crippen LogP contribution >= 0.6 is 11.8 Å². The van der Waals surface area contributed by atoms with E-state index in [1.165, 1.54) is 30.1 Å². The molecule has 1 amide bonds. The SMILES string of the molecule is CCCCC1S/C(=N\N=C\c2cccc([N+](=O)[O-])c2)N(Cc2cccc3ccccc23)C1=O. The van der Waals surface area contributed by atoms with Crippen molar-refractivity contribution in [3.63, 3.8) is 0 Å². The van der Waals surface area contributed by atoms with E-state index >= 15 is 0 Å². The fourth-order valence-corrected chi connectivity index (χ4v) is 4.91. The van der Waals surface area contributed by atoms with Crippen LogP contribution in [0.2, 0.25) is 0 Å². The lowest BCUT2D eigenvalue weighted by Gasteiger charge is -2.17. The summed E-state index contributed by atoms with van der Waals surface area (Å²) in [6.07, 6.45) is 4.25. The molecule has 0 saturated carbocycles. The number of amidine groups is 1. The van der Waals surface area contributed by atoms with Gasteiger partial charge in [-0.3, -0.25) is 19.8 Å². The molecule has 1 heterocycles. The van der Waals surface area contributed by atoms with E-state index in [0.29, 0.717) is 17.3 Å². The molecule has 168 valence electrons. The first kappa shape index (κ1) is 22.7. The van der Waals surface area contributed by atoms with Crippen LogP contribution in [0.4, 0.5) is 5.69 Å². The number of nitro groups is 1. The quantitative estimate of drug-likeness (QED) is 0.242. The van der Waals surface area contributed by atoms with E-state index in [9.17, 15) is 14.9 Å². The van der Waals surface area contributed by atoms with Gasteiger partial charge in [-0.1, -0.05) is 86.1 Å². The van der Waals surface area contributed by atoms with Gasteiger partial charge in [-0.05, 0) is 22.8 Å². The van der Waals surface area contributed by atoms with Crippen molar-refractivity contribution in [2.24, 2.45) is 10.2 Å². The summed E-state index contributed by atoms with van der Waals surface area (Å²) >= 11 is 1.44. The molecule has 7 nitrogen and oxygen atoms in total. The van der Waals surface area contributed by atoms with Gasteiger partial charge in [0, 0.05) is 17.7 Å². The van der Waals surface area contributed by atoms with E-state index in [4.69, 9.17) is 0 Å². The summed E-state index contributed by atoms with van der Waals surface area (Å²) in [5, 5.41) is 22.1. The molecule has 8 heteroatoms. The summed E-state index contributed by atoms with van der Waals surface area (Å²) in [4.78, 5) is 25.5. The van der Waals surface area contributed by atoms with Crippen molar-refractivity contribution < 1.29 is 9.72 Å². The molecule has 0 bridgehead atoms. The van der Waals surface area contributed by atoms with Gasteiger partial charge in [-0.25, -0.2) is 0 Å². The van der Waals surface area contributed by atoms with Crippen LogP contribution in [0.25, 0.3) is 10.8 Å². The van der Waals surface area contributed by atoms with E-state index in [1.807, 2.05) is 24.3 Å². The van der Waals surface area contributed by atoms with Crippen molar-refractivity contribution >= 4 is 45.5 Å². The summed E-state index contributed by atoms with van der Waals surface area (Å²) in [5.41, 5.74) is 1.62. The number of hydrogen-bond acceptors (Lipinski definition) is 6. The number of benzene rings is 3. The third kappa shape index (κ3) is 5.28. The van der Waals surface area contributed by atoms with E-state index in [0.717, 1.165) is 35.6 Å². The van der Waals surface area contributed by atoms with Crippen LogP contribution in [0.3, 0.4) is 0 Å². The van der Waals surface area contributed by atoms with Gasteiger partial charge in [-0.2, -0.15) is 5.10 Å². The number of amides is 1. The molecule has 1 fully saturated rings. The fourth-order valence-electron chi connectivity index (χ4n) is 3.77. The zero-order valence-electron chi connectivity index (χ0n) is 18.3. The van der Waals surface area contributed by atoms with Gasteiger partial charge < -0.3 is 0 Å². The Morgan fingerprint density at radius 3 is 2.73 bits per heavy atom. The lowest BCUT2D eigenvalue weighted by atomic mass is 10.0. The Morgan fingerprint density at radius 2 is 1.91 bits per heavy atom. The molecular weight excluding hydrogens is 436 g/mol. The lowest BCUT2D eigenvalue weighted by molar-refractivity contribution is -0.384. The Hall–Kier alpha value is -3.52. The number of hydrogen-bond donors (Lipinski definition) is 0. The standard InChI is InChI=1S/C25H24N4O3S/c1-2-3-14-23-24(30)28(17-20-11-7-10-19-9-4-5-13-22(19)20)25(33-23)27-26-16-18-8-6-12-21(15-18)29(31)32/h4-13,15-16,23H,2-3,14,17H2,1H3/b26-16+,27-25-. The molecule has 1 unspecified atom stereocenters. The monoisotopic (exact) mass is 460 g/mol. The largest absolute Gasteiger partial charge is 0.284 e. The van der Waals surface area contributed by atoms with E-state index < -0.39 is 4.92 Å². The maximum Gasteiger partial charge on any atom is 0.270 e. The molecule has 0 spiro atoms. The number of nitrogens with zero attached hydrogens (tertiary/aromatic N) is 4.